The van der Waals surface area contributed by atoms with E-state index in [0.717, 1.165) is 22.1 Å². The second kappa shape index (κ2) is 6.47. The summed E-state index contributed by atoms with van der Waals surface area (Å²) in [4.78, 5) is 1.08. The zero-order valence-electron chi connectivity index (χ0n) is 10.6. The minimum Gasteiger partial charge on any atom is -0.415 e. The highest BCUT2D eigenvalue weighted by molar-refractivity contribution is 7.98. The molecule has 0 aromatic carbocycles. The maximum absolute atomic E-state index is 5.49. The van der Waals surface area contributed by atoms with Crippen LogP contribution >= 0.6 is 34.9 Å². The molecule has 0 amide bonds. The molecule has 3 heterocycles. The zero-order chi connectivity index (χ0) is 13.8. The maximum Gasteiger partial charge on any atom is 0.276 e. The molecular formula is C12H11N3O2S3. The molecule has 0 radical (unpaired) electrons. The molecular weight excluding hydrogens is 314 g/mol. The Morgan fingerprint density at radius 3 is 3.05 bits per heavy atom. The van der Waals surface area contributed by atoms with Crippen LogP contribution < -0.4 is 0 Å². The first-order valence-electron chi connectivity index (χ1n) is 5.79. The average Bonchev–Trinajstić information content (AvgIpc) is 3.18. The van der Waals surface area contributed by atoms with E-state index in [2.05, 4.69) is 15.4 Å². The highest BCUT2D eigenvalue weighted by Crippen LogP contribution is 2.28. The number of nitrogens with zero attached hydrogens (tertiary/aromatic N) is 3. The van der Waals surface area contributed by atoms with E-state index in [4.69, 9.17) is 8.94 Å². The Labute approximate surface area is 128 Å². The minimum absolute atomic E-state index is 0.565. The molecule has 0 aliphatic carbocycles. The van der Waals surface area contributed by atoms with Crippen LogP contribution in [0.2, 0.25) is 0 Å². The third-order valence-corrected chi connectivity index (χ3v) is 4.65. The van der Waals surface area contributed by atoms with Crippen molar-refractivity contribution in [2.24, 2.45) is 0 Å². The first-order chi connectivity index (χ1) is 9.85. The molecule has 0 aliphatic heterocycles. The normalized spacial score (nSPS) is 11.1. The summed E-state index contributed by atoms with van der Waals surface area (Å²) in [6, 6.07) is 5.94. The monoisotopic (exact) mass is 325 g/mol. The van der Waals surface area contributed by atoms with E-state index in [1.165, 1.54) is 11.8 Å². The fourth-order valence-electron chi connectivity index (χ4n) is 1.53. The molecule has 0 saturated carbocycles. The van der Waals surface area contributed by atoms with Crippen LogP contribution in [0.25, 0.3) is 10.6 Å². The maximum atomic E-state index is 5.49. The van der Waals surface area contributed by atoms with Crippen LogP contribution in [0, 0.1) is 0 Å². The Morgan fingerprint density at radius 1 is 1.30 bits per heavy atom. The van der Waals surface area contributed by atoms with Crippen LogP contribution in [0.3, 0.4) is 0 Å². The van der Waals surface area contributed by atoms with Gasteiger partial charge in [0.2, 0.25) is 5.89 Å². The number of hydrogen-bond donors (Lipinski definition) is 0. The lowest BCUT2D eigenvalue weighted by molar-refractivity contribution is 0.423. The van der Waals surface area contributed by atoms with Crippen molar-refractivity contribution in [1.82, 2.24) is 15.4 Å². The molecule has 3 rings (SSSR count). The van der Waals surface area contributed by atoms with Crippen LogP contribution in [0.1, 0.15) is 11.6 Å². The van der Waals surface area contributed by atoms with Gasteiger partial charge in [0, 0.05) is 11.8 Å². The van der Waals surface area contributed by atoms with Gasteiger partial charge in [-0.15, -0.1) is 21.5 Å². The number of thiophene rings is 1. The van der Waals surface area contributed by atoms with E-state index < -0.39 is 0 Å². The summed E-state index contributed by atoms with van der Waals surface area (Å²) in [5, 5.41) is 14.6. The fraction of sp³-hybridized carbons (Fsp3) is 0.250. The van der Waals surface area contributed by atoms with Crippen molar-refractivity contribution in [3.05, 3.63) is 35.2 Å². The molecule has 5 nitrogen and oxygen atoms in total. The molecule has 8 heteroatoms. The zero-order valence-corrected chi connectivity index (χ0v) is 13.1. The van der Waals surface area contributed by atoms with Crippen molar-refractivity contribution in [3.8, 4) is 10.6 Å². The molecule has 3 aromatic rings. The molecule has 3 aromatic heterocycles. The summed E-state index contributed by atoms with van der Waals surface area (Å²) in [5.41, 5.74) is 0.864. The molecule has 0 atom stereocenters. The highest BCUT2D eigenvalue weighted by atomic mass is 32.2. The van der Waals surface area contributed by atoms with Crippen LogP contribution in [0.4, 0.5) is 0 Å². The van der Waals surface area contributed by atoms with Gasteiger partial charge < -0.3 is 8.94 Å². The highest BCUT2D eigenvalue weighted by Gasteiger charge is 2.10. The summed E-state index contributed by atoms with van der Waals surface area (Å²) < 4.78 is 10.8. The van der Waals surface area contributed by atoms with Crippen LogP contribution in [-0.4, -0.2) is 21.6 Å². The van der Waals surface area contributed by atoms with Crippen LogP contribution in [-0.2, 0) is 11.5 Å². The first kappa shape index (κ1) is 13.7. The molecule has 0 N–H and O–H groups in total. The minimum atomic E-state index is 0.565. The lowest BCUT2D eigenvalue weighted by Crippen LogP contribution is -1.79. The van der Waals surface area contributed by atoms with Crippen molar-refractivity contribution in [1.29, 1.82) is 0 Å². The quantitative estimate of drug-likeness (QED) is 0.636. The van der Waals surface area contributed by atoms with Gasteiger partial charge in [-0.25, -0.2) is 0 Å². The van der Waals surface area contributed by atoms with Gasteiger partial charge in [0.25, 0.3) is 5.22 Å². The van der Waals surface area contributed by atoms with Gasteiger partial charge in [-0.3, -0.25) is 0 Å². The number of aromatic nitrogens is 3. The third kappa shape index (κ3) is 3.25. The number of thioether (sulfide) groups is 2. The Balaban J connectivity index is 1.60. The van der Waals surface area contributed by atoms with Gasteiger partial charge >= 0.3 is 0 Å². The Morgan fingerprint density at radius 2 is 2.25 bits per heavy atom. The summed E-state index contributed by atoms with van der Waals surface area (Å²) in [5.74, 6) is 2.83. The summed E-state index contributed by atoms with van der Waals surface area (Å²) in [6.45, 7) is 0. The molecule has 0 aliphatic rings. The molecule has 0 unspecified atom stereocenters. The molecule has 0 bridgehead atoms. The van der Waals surface area contributed by atoms with Crippen molar-refractivity contribution < 1.29 is 8.94 Å². The van der Waals surface area contributed by atoms with Gasteiger partial charge in [0.15, 0.2) is 5.76 Å². The summed E-state index contributed by atoms with van der Waals surface area (Å²) in [7, 11) is 0. The Hall–Kier alpha value is -1.25. The average molecular weight is 325 g/mol. The topological polar surface area (TPSA) is 65.0 Å². The smallest absolute Gasteiger partial charge is 0.276 e. The first-order valence-corrected chi connectivity index (χ1v) is 9.04. The number of hydrogen-bond acceptors (Lipinski definition) is 8. The third-order valence-electron chi connectivity index (χ3n) is 2.38. The number of rotatable bonds is 6. The van der Waals surface area contributed by atoms with Crippen LogP contribution in [0.15, 0.2) is 37.7 Å². The van der Waals surface area contributed by atoms with E-state index in [9.17, 15) is 0 Å². The van der Waals surface area contributed by atoms with Gasteiger partial charge in [-0.05, 0) is 17.7 Å². The van der Waals surface area contributed by atoms with Crippen molar-refractivity contribution in [3.63, 3.8) is 0 Å². The largest absolute Gasteiger partial charge is 0.415 e. The van der Waals surface area contributed by atoms with Gasteiger partial charge in [-0.2, -0.15) is 11.8 Å². The van der Waals surface area contributed by atoms with Gasteiger partial charge in [0.1, 0.15) is 0 Å². The van der Waals surface area contributed by atoms with E-state index in [0.29, 0.717) is 16.9 Å². The Bertz CT molecular complexity index is 663. The molecule has 104 valence electrons. The standard InChI is InChI=1S/C12H11N3O2S3/c1-18-7-11-13-14-12(16-11)20-6-8-5-9(17-15-8)10-3-2-4-19-10/h2-5H,6-7H2,1H3. The van der Waals surface area contributed by atoms with Gasteiger partial charge in [0.05, 0.1) is 16.3 Å². The molecule has 20 heavy (non-hydrogen) atoms. The van der Waals surface area contributed by atoms with Crippen molar-refractivity contribution in [2.45, 2.75) is 16.7 Å². The molecule has 0 spiro atoms. The summed E-state index contributed by atoms with van der Waals surface area (Å²) in [6.07, 6.45) is 2.00. The van der Waals surface area contributed by atoms with E-state index in [1.54, 1.807) is 23.1 Å². The van der Waals surface area contributed by atoms with Crippen molar-refractivity contribution >= 4 is 34.9 Å². The molecule has 0 saturated heterocycles. The van der Waals surface area contributed by atoms with Crippen molar-refractivity contribution in [2.75, 3.05) is 6.26 Å². The van der Waals surface area contributed by atoms with E-state index in [1.807, 2.05) is 29.8 Å². The van der Waals surface area contributed by atoms with E-state index in [-0.39, 0.29) is 0 Å². The summed E-state index contributed by atoms with van der Waals surface area (Å²) >= 11 is 4.74. The van der Waals surface area contributed by atoms with Gasteiger partial charge in [-0.1, -0.05) is 23.0 Å². The second-order valence-corrected chi connectivity index (χ2v) is 6.58. The lowest BCUT2D eigenvalue weighted by Gasteiger charge is -1.90. The van der Waals surface area contributed by atoms with Crippen LogP contribution in [0.5, 0.6) is 0 Å². The SMILES string of the molecule is CSCc1nnc(SCc2cc(-c3cccs3)on2)o1. The van der Waals surface area contributed by atoms with E-state index >= 15 is 0 Å². The molecule has 0 fully saturated rings. The fourth-order valence-corrected chi connectivity index (χ4v) is 3.23. The predicted molar refractivity (Wildman–Crippen MR) is 80.9 cm³/mol. The Kier molecular flexibility index (Phi) is 4.44. The lowest BCUT2D eigenvalue weighted by atomic mass is 10.3. The predicted octanol–water partition coefficient (Wildman–Crippen LogP) is 3.94. The second-order valence-electron chi connectivity index (χ2n) is 3.84.